The zero-order chi connectivity index (χ0) is 15.6. The third kappa shape index (κ3) is 3.16. The smallest absolute Gasteiger partial charge is 0.354 e. The molecule has 0 saturated carbocycles. The standard InChI is InChI=1S/C13H7F3N2O3/c14-7-4-6(5-8(15)11(7)16)12(19)18-10-3-1-2-9(17-10)13(20)21/h1-5H,(H,20,21)(H,17,18,19). The van der Waals surface area contributed by atoms with Gasteiger partial charge in [-0.25, -0.2) is 22.9 Å². The first-order valence-electron chi connectivity index (χ1n) is 5.54. The fraction of sp³-hybridized carbons (Fsp3) is 0. The molecule has 0 spiro atoms. The lowest BCUT2D eigenvalue weighted by Crippen LogP contribution is -2.15. The number of aromatic carboxylic acids is 1. The van der Waals surface area contributed by atoms with Crippen LogP contribution >= 0.6 is 0 Å². The maximum absolute atomic E-state index is 13.0. The van der Waals surface area contributed by atoms with Crippen molar-refractivity contribution in [2.24, 2.45) is 0 Å². The summed E-state index contributed by atoms with van der Waals surface area (Å²) < 4.78 is 38.8. The van der Waals surface area contributed by atoms with Gasteiger partial charge in [0.25, 0.3) is 5.91 Å². The molecule has 1 aromatic heterocycles. The summed E-state index contributed by atoms with van der Waals surface area (Å²) in [5.41, 5.74) is -0.779. The van der Waals surface area contributed by atoms with E-state index in [-0.39, 0.29) is 11.5 Å². The number of amides is 1. The minimum absolute atomic E-state index is 0.120. The van der Waals surface area contributed by atoms with Crippen LogP contribution in [0.1, 0.15) is 20.8 Å². The van der Waals surface area contributed by atoms with Crippen molar-refractivity contribution in [3.8, 4) is 0 Å². The van der Waals surface area contributed by atoms with Crippen LogP contribution in [0.3, 0.4) is 0 Å². The normalized spacial score (nSPS) is 10.2. The molecule has 2 rings (SSSR count). The first kappa shape index (κ1) is 14.5. The maximum atomic E-state index is 13.0. The predicted molar refractivity (Wildman–Crippen MR) is 65.5 cm³/mol. The fourth-order valence-corrected chi connectivity index (χ4v) is 1.50. The van der Waals surface area contributed by atoms with Gasteiger partial charge in [-0.1, -0.05) is 6.07 Å². The second kappa shape index (κ2) is 5.61. The molecule has 108 valence electrons. The molecule has 0 atom stereocenters. The van der Waals surface area contributed by atoms with Gasteiger partial charge in [0.1, 0.15) is 5.82 Å². The van der Waals surface area contributed by atoms with Crippen LogP contribution in [-0.4, -0.2) is 22.0 Å². The number of pyridine rings is 1. The molecule has 8 heteroatoms. The third-order valence-electron chi connectivity index (χ3n) is 2.46. The largest absolute Gasteiger partial charge is 0.477 e. The molecule has 21 heavy (non-hydrogen) atoms. The molecule has 0 saturated heterocycles. The van der Waals surface area contributed by atoms with Crippen molar-refractivity contribution in [1.29, 1.82) is 0 Å². The Labute approximate surface area is 116 Å². The molecule has 0 bridgehead atoms. The van der Waals surface area contributed by atoms with Crippen molar-refractivity contribution >= 4 is 17.7 Å². The SMILES string of the molecule is O=C(Nc1cccc(C(=O)O)n1)c1cc(F)c(F)c(F)c1. The molecule has 0 unspecified atom stereocenters. The molecule has 5 nitrogen and oxygen atoms in total. The fourth-order valence-electron chi connectivity index (χ4n) is 1.50. The molecule has 2 N–H and O–H groups in total. The summed E-state index contributed by atoms with van der Waals surface area (Å²) in [5.74, 6) is -7.07. The number of carboxylic acid groups (broad SMARTS) is 1. The van der Waals surface area contributed by atoms with Crippen LogP contribution in [-0.2, 0) is 0 Å². The Bertz CT molecular complexity index is 711. The molecule has 0 aliphatic rings. The van der Waals surface area contributed by atoms with Gasteiger partial charge in [0.2, 0.25) is 0 Å². The van der Waals surface area contributed by atoms with Gasteiger partial charge in [0.05, 0.1) is 0 Å². The Morgan fingerprint density at radius 3 is 2.29 bits per heavy atom. The van der Waals surface area contributed by atoms with Crippen molar-refractivity contribution in [1.82, 2.24) is 4.98 Å². The number of carboxylic acids is 1. The average molecular weight is 296 g/mol. The molecule has 1 aromatic carbocycles. The van der Waals surface area contributed by atoms with E-state index in [0.717, 1.165) is 0 Å². The van der Waals surface area contributed by atoms with E-state index in [1.54, 1.807) is 0 Å². The first-order chi connectivity index (χ1) is 9.88. The summed E-state index contributed by atoms with van der Waals surface area (Å²) in [6.45, 7) is 0. The molecule has 0 radical (unpaired) electrons. The molecule has 1 heterocycles. The monoisotopic (exact) mass is 296 g/mol. The quantitative estimate of drug-likeness (QED) is 0.853. The topological polar surface area (TPSA) is 79.3 Å². The molecule has 1 amide bonds. The van der Waals surface area contributed by atoms with Crippen molar-refractivity contribution < 1.29 is 27.9 Å². The van der Waals surface area contributed by atoms with Crippen LogP contribution in [0.4, 0.5) is 19.0 Å². The minimum atomic E-state index is -1.68. The summed E-state index contributed by atoms with van der Waals surface area (Å²) >= 11 is 0. The van der Waals surface area contributed by atoms with E-state index in [1.165, 1.54) is 18.2 Å². The molecule has 2 aromatic rings. The molecule has 0 aliphatic carbocycles. The van der Waals surface area contributed by atoms with Crippen molar-refractivity contribution in [3.63, 3.8) is 0 Å². The van der Waals surface area contributed by atoms with Crippen LogP contribution in [0.5, 0.6) is 0 Å². The third-order valence-corrected chi connectivity index (χ3v) is 2.46. The lowest BCUT2D eigenvalue weighted by molar-refractivity contribution is 0.0690. The van der Waals surface area contributed by atoms with Gasteiger partial charge >= 0.3 is 5.97 Å². The summed E-state index contributed by atoms with van der Waals surface area (Å²) in [5, 5.41) is 10.9. The van der Waals surface area contributed by atoms with Crippen LogP contribution in [0.25, 0.3) is 0 Å². The van der Waals surface area contributed by atoms with Gasteiger partial charge < -0.3 is 10.4 Å². The minimum Gasteiger partial charge on any atom is -0.477 e. The van der Waals surface area contributed by atoms with E-state index < -0.39 is 34.9 Å². The highest BCUT2D eigenvalue weighted by molar-refractivity contribution is 6.04. The highest BCUT2D eigenvalue weighted by atomic mass is 19.2. The van der Waals surface area contributed by atoms with E-state index in [0.29, 0.717) is 12.1 Å². The van der Waals surface area contributed by atoms with Crippen LogP contribution in [0, 0.1) is 17.5 Å². The van der Waals surface area contributed by atoms with E-state index in [2.05, 4.69) is 10.3 Å². The number of hydrogen-bond acceptors (Lipinski definition) is 3. The summed E-state index contributed by atoms with van der Waals surface area (Å²) in [7, 11) is 0. The van der Waals surface area contributed by atoms with Crippen molar-refractivity contribution in [2.45, 2.75) is 0 Å². The van der Waals surface area contributed by atoms with Crippen molar-refractivity contribution in [2.75, 3.05) is 5.32 Å². The lowest BCUT2D eigenvalue weighted by atomic mass is 10.2. The van der Waals surface area contributed by atoms with Gasteiger partial charge in [-0.05, 0) is 24.3 Å². The number of nitrogens with one attached hydrogen (secondary N) is 1. The zero-order valence-corrected chi connectivity index (χ0v) is 10.2. The summed E-state index contributed by atoms with van der Waals surface area (Å²) in [6.07, 6.45) is 0. The summed E-state index contributed by atoms with van der Waals surface area (Å²) in [4.78, 5) is 26.1. The molecule has 0 fully saturated rings. The van der Waals surface area contributed by atoms with Gasteiger partial charge in [-0.15, -0.1) is 0 Å². The number of carbonyl (C=O) groups is 2. The maximum Gasteiger partial charge on any atom is 0.354 e. The highest BCUT2D eigenvalue weighted by Crippen LogP contribution is 2.15. The van der Waals surface area contributed by atoms with E-state index in [4.69, 9.17) is 5.11 Å². The Morgan fingerprint density at radius 1 is 1.10 bits per heavy atom. The van der Waals surface area contributed by atoms with Gasteiger partial charge in [-0.3, -0.25) is 4.79 Å². The number of carbonyl (C=O) groups excluding carboxylic acids is 1. The number of rotatable bonds is 3. The Balaban J connectivity index is 2.26. The van der Waals surface area contributed by atoms with Gasteiger partial charge in [0, 0.05) is 5.56 Å². The molecule has 0 aliphatic heterocycles. The summed E-state index contributed by atoms with van der Waals surface area (Å²) in [6, 6.07) is 4.87. The number of benzene rings is 1. The van der Waals surface area contributed by atoms with E-state index in [1.807, 2.05) is 0 Å². The van der Waals surface area contributed by atoms with E-state index >= 15 is 0 Å². The lowest BCUT2D eigenvalue weighted by Gasteiger charge is -2.06. The Kier molecular flexibility index (Phi) is 3.88. The zero-order valence-electron chi connectivity index (χ0n) is 10.2. The Morgan fingerprint density at radius 2 is 1.71 bits per heavy atom. The number of halogens is 3. The molecular formula is C13H7F3N2O3. The number of aromatic nitrogens is 1. The van der Waals surface area contributed by atoms with E-state index in [9.17, 15) is 22.8 Å². The second-order valence-corrected chi connectivity index (χ2v) is 3.92. The van der Waals surface area contributed by atoms with Gasteiger partial charge in [-0.2, -0.15) is 0 Å². The van der Waals surface area contributed by atoms with Gasteiger partial charge in [0.15, 0.2) is 23.1 Å². The Hall–Kier alpha value is -2.90. The second-order valence-electron chi connectivity index (χ2n) is 3.92. The number of hydrogen-bond donors (Lipinski definition) is 2. The van der Waals surface area contributed by atoms with Crippen LogP contribution in [0.2, 0.25) is 0 Å². The van der Waals surface area contributed by atoms with Crippen LogP contribution < -0.4 is 5.32 Å². The number of nitrogens with zero attached hydrogens (tertiary/aromatic N) is 1. The molecular weight excluding hydrogens is 289 g/mol. The van der Waals surface area contributed by atoms with Crippen LogP contribution in [0.15, 0.2) is 30.3 Å². The number of anilines is 1. The predicted octanol–water partition coefficient (Wildman–Crippen LogP) is 2.45. The highest BCUT2D eigenvalue weighted by Gasteiger charge is 2.16. The first-order valence-corrected chi connectivity index (χ1v) is 5.54. The average Bonchev–Trinajstić information content (AvgIpc) is 2.44. The van der Waals surface area contributed by atoms with Crippen molar-refractivity contribution in [3.05, 3.63) is 59.0 Å².